The molecule has 0 saturated heterocycles. The molecule has 9 aromatic rings. The number of aromatic nitrogens is 3. The summed E-state index contributed by atoms with van der Waals surface area (Å²) in [7, 11) is 0. The van der Waals surface area contributed by atoms with E-state index in [1.54, 1.807) is 0 Å². The molecule has 0 aliphatic heterocycles. The molecule has 0 N–H and O–H groups in total. The van der Waals surface area contributed by atoms with Gasteiger partial charge in [0.05, 0.1) is 17.1 Å². The van der Waals surface area contributed by atoms with Crippen LogP contribution in [0.1, 0.15) is 11.1 Å². The van der Waals surface area contributed by atoms with Crippen LogP contribution in [0, 0.1) is 0 Å². The van der Waals surface area contributed by atoms with Crippen molar-refractivity contribution in [1.29, 1.82) is 0 Å². The van der Waals surface area contributed by atoms with E-state index in [-0.39, 0.29) is 0 Å². The molecule has 56 heavy (non-hydrogen) atoms. The minimum Gasteiger partial charge on any atom is -0.256 e. The molecule has 6 aromatic carbocycles. The van der Waals surface area contributed by atoms with E-state index < -0.39 is 0 Å². The maximum atomic E-state index is 4.89. The van der Waals surface area contributed by atoms with Crippen LogP contribution in [0.3, 0.4) is 0 Å². The topological polar surface area (TPSA) is 38.7 Å². The monoisotopic (exact) mass is 717 g/mol. The molecule has 0 amide bonds. The zero-order chi connectivity index (χ0) is 37.5. The van der Waals surface area contributed by atoms with Gasteiger partial charge in [0.2, 0.25) is 0 Å². The van der Waals surface area contributed by atoms with E-state index in [4.69, 9.17) is 15.0 Å². The zero-order valence-corrected chi connectivity index (χ0v) is 31.0. The fourth-order valence-corrected chi connectivity index (χ4v) is 7.43. The maximum Gasteiger partial charge on any atom is 0.0702 e. The predicted molar refractivity (Wildman–Crippen MR) is 232 cm³/mol. The van der Waals surface area contributed by atoms with E-state index in [0.717, 1.165) is 68.9 Å². The molecule has 0 bridgehead atoms. The number of nitrogens with zero attached hydrogens (tertiary/aromatic N) is 3. The summed E-state index contributed by atoms with van der Waals surface area (Å²) in [6.07, 6.45) is 7.77. The van der Waals surface area contributed by atoms with E-state index in [9.17, 15) is 0 Å². The lowest BCUT2D eigenvalue weighted by Gasteiger charge is -2.16. The number of benzene rings is 6. The fourth-order valence-electron chi connectivity index (χ4n) is 7.43. The first-order valence-electron chi connectivity index (χ1n) is 19.1. The normalized spacial score (nSPS) is 11.0. The van der Waals surface area contributed by atoms with Gasteiger partial charge in [0.25, 0.3) is 0 Å². The number of hydrogen-bond donors (Lipinski definition) is 0. The van der Waals surface area contributed by atoms with Crippen molar-refractivity contribution in [2.24, 2.45) is 0 Å². The van der Waals surface area contributed by atoms with Gasteiger partial charge < -0.3 is 0 Å². The van der Waals surface area contributed by atoms with Gasteiger partial charge in [0, 0.05) is 46.4 Å². The average Bonchev–Trinajstić information content (AvgIpc) is 3.29. The van der Waals surface area contributed by atoms with Gasteiger partial charge in [0.1, 0.15) is 0 Å². The van der Waals surface area contributed by atoms with Gasteiger partial charge in [-0.25, -0.2) is 0 Å². The maximum absolute atomic E-state index is 4.89. The molecule has 0 atom stereocenters. The minimum absolute atomic E-state index is 0.873. The Bertz CT molecular complexity index is 2540. The first-order chi connectivity index (χ1) is 27.7. The third-order valence-corrected chi connectivity index (χ3v) is 10.4. The molecule has 0 spiro atoms. The Labute approximate surface area is 328 Å². The number of pyridine rings is 3. The number of rotatable bonds is 10. The first-order valence-corrected chi connectivity index (χ1v) is 19.1. The highest BCUT2D eigenvalue weighted by molar-refractivity contribution is 5.89. The van der Waals surface area contributed by atoms with E-state index in [0.29, 0.717) is 0 Å². The summed E-state index contributed by atoms with van der Waals surface area (Å²) < 4.78 is 0. The summed E-state index contributed by atoms with van der Waals surface area (Å²) in [5.74, 6) is 0. The Hall–Kier alpha value is -7.23. The summed E-state index contributed by atoms with van der Waals surface area (Å²) in [6, 6.07) is 68.4. The first kappa shape index (κ1) is 34.5. The quantitative estimate of drug-likeness (QED) is 0.141. The molecular formula is C53H39N3. The Morgan fingerprint density at radius 1 is 0.250 bits per heavy atom. The summed E-state index contributed by atoms with van der Waals surface area (Å²) in [6.45, 7) is 0. The summed E-state index contributed by atoms with van der Waals surface area (Å²) >= 11 is 0. The van der Waals surface area contributed by atoms with E-state index in [2.05, 4.69) is 176 Å². The Kier molecular flexibility index (Phi) is 9.88. The SMILES string of the molecule is c1ccc(-c2ccc(CCc3cc(-c4ccccc4-c4ccc(-c5ccccc5)nc4)cc(-c4ccccc4-c4ccc(-c5ccccc5)nc4)c3)cn2)cc1. The van der Waals surface area contributed by atoms with Gasteiger partial charge in [-0.1, -0.05) is 170 Å². The van der Waals surface area contributed by atoms with Crippen LogP contribution in [0.2, 0.25) is 0 Å². The molecule has 0 radical (unpaired) electrons. The van der Waals surface area contributed by atoms with Crippen LogP contribution < -0.4 is 0 Å². The summed E-state index contributed by atoms with van der Waals surface area (Å²) in [5, 5.41) is 0. The Balaban J connectivity index is 1.10. The van der Waals surface area contributed by atoms with Gasteiger partial charge in [-0.3, -0.25) is 15.0 Å². The summed E-state index contributed by atoms with van der Waals surface area (Å²) in [4.78, 5) is 14.6. The molecule has 0 saturated carbocycles. The van der Waals surface area contributed by atoms with Crippen molar-refractivity contribution in [3.63, 3.8) is 0 Å². The molecule has 3 heteroatoms. The van der Waals surface area contributed by atoms with E-state index in [1.165, 1.54) is 33.4 Å². The van der Waals surface area contributed by atoms with Crippen molar-refractivity contribution in [3.05, 3.63) is 224 Å². The third kappa shape index (κ3) is 7.57. The van der Waals surface area contributed by atoms with Crippen LogP contribution >= 0.6 is 0 Å². The summed E-state index contributed by atoms with van der Waals surface area (Å²) in [5.41, 5.74) is 17.9. The van der Waals surface area contributed by atoms with E-state index >= 15 is 0 Å². The van der Waals surface area contributed by atoms with Crippen LogP contribution in [-0.4, -0.2) is 15.0 Å². The van der Waals surface area contributed by atoms with Crippen LogP contribution in [0.4, 0.5) is 0 Å². The Morgan fingerprint density at radius 2 is 0.607 bits per heavy atom. The third-order valence-electron chi connectivity index (χ3n) is 10.4. The van der Waals surface area contributed by atoms with Crippen molar-refractivity contribution in [2.45, 2.75) is 12.8 Å². The highest BCUT2D eigenvalue weighted by Crippen LogP contribution is 2.39. The molecule has 9 rings (SSSR count). The highest BCUT2D eigenvalue weighted by atomic mass is 14.7. The molecule has 0 aliphatic rings. The van der Waals surface area contributed by atoms with Crippen molar-refractivity contribution >= 4 is 0 Å². The molecular weight excluding hydrogens is 679 g/mol. The van der Waals surface area contributed by atoms with Gasteiger partial charge in [-0.2, -0.15) is 0 Å². The second kappa shape index (κ2) is 16.0. The Morgan fingerprint density at radius 3 is 0.982 bits per heavy atom. The van der Waals surface area contributed by atoms with Crippen molar-refractivity contribution in [2.75, 3.05) is 0 Å². The lowest BCUT2D eigenvalue weighted by Crippen LogP contribution is -1.96. The second-order valence-electron chi connectivity index (χ2n) is 14.0. The van der Waals surface area contributed by atoms with E-state index in [1.807, 2.05) is 36.8 Å². The van der Waals surface area contributed by atoms with Crippen LogP contribution in [0.5, 0.6) is 0 Å². The molecule has 3 nitrogen and oxygen atoms in total. The van der Waals surface area contributed by atoms with Gasteiger partial charge in [0.15, 0.2) is 0 Å². The van der Waals surface area contributed by atoms with Crippen LogP contribution in [0.15, 0.2) is 213 Å². The van der Waals surface area contributed by atoms with Gasteiger partial charge in [-0.05, 0) is 81.6 Å². The van der Waals surface area contributed by atoms with Crippen molar-refractivity contribution in [1.82, 2.24) is 15.0 Å². The highest BCUT2D eigenvalue weighted by Gasteiger charge is 2.15. The standard InChI is InChI=1S/C53H39N3/c1-4-14-40(15-5-1)51-29-26-38(35-54-51)24-25-39-32-45(49-22-12-10-20-47(49)43-27-30-52(55-36-43)41-16-6-2-7-17-41)34-46(33-39)50-23-13-11-21-48(50)44-28-31-53(56-37-44)42-18-8-3-9-19-42/h1-23,26-37H,24-25H2. The molecule has 3 aromatic heterocycles. The fraction of sp³-hybridized carbons (Fsp3) is 0.0377. The number of hydrogen-bond acceptors (Lipinski definition) is 3. The number of aryl methyl sites for hydroxylation is 2. The molecule has 0 aliphatic carbocycles. The lowest BCUT2D eigenvalue weighted by atomic mass is 9.88. The largest absolute Gasteiger partial charge is 0.256 e. The minimum atomic E-state index is 0.873. The predicted octanol–water partition coefficient (Wildman–Crippen LogP) is 13.3. The molecule has 266 valence electrons. The van der Waals surface area contributed by atoms with Crippen LogP contribution in [0.25, 0.3) is 78.3 Å². The lowest BCUT2D eigenvalue weighted by molar-refractivity contribution is 0.951. The molecule has 3 heterocycles. The van der Waals surface area contributed by atoms with Gasteiger partial charge >= 0.3 is 0 Å². The molecule has 0 fully saturated rings. The molecule has 0 unspecified atom stereocenters. The van der Waals surface area contributed by atoms with Crippen LogP contribution in [-0.2, 0) is 12.8 Å². The smallest absolute Gasteiger partial charge is 0.0702 e. The second-order valence-corrected chi connectivity index (χ2v) is 14.0. The van der Waals surface area contributed by atoms with Gasteiger partial charge in [-0.15, -0.1) is 0 Å². The van der Waals surface area contributed by atoms with Crippen molar-refractivity contribution < 1.29 is 0 Å². The van der Waals surface area contributed by atoms with Crippen molar-refractivity contribution in [3.8, 4) is 78.3 Å². The zero-order valence-electron chi connectivity index (χ0n) is 31.0. The average molecular weight is 718 g/mol.